The van der Waals surface area contributed by atoms with Crippen molar-refractivity contribution in [3.05, 3.63) is 102 Å². The fraction of sp³-hybridized carbons (Fsp3) is 0.393. The molecule has 0 saturated heterocycles. The van der Waals surface area contributed by atoms with E-state index in [2.05, 4.69) is 82.7 Å². The van der Waals surface area contributed by atoms with Crippen LogP contribution < -0.4 is 5.73 Å². The molecule has 0 amide bonds. The maximum Gasteiger partial charge on any atom is 0.0271 e. The van der Waals surface area contributed by atoms with E-state index < -0.39 is 0 Å². The summed E-state index contributed by atoms with van der Waals surface area (Å²) in [6.45, 7) is 3.98. The van der Waals surface area contributed by atoms with Gasteiger partial charge >= 0.3 is 0 Å². The summed E-state index contributed by atoms with van der Waals surface area (Å²) in [4.78, 5) is 6.89. The van der Waals surface area contributed by atoms with Crippen molar-refractivity contribution in [2.45, 2.75) is 38.1 Å². The van der Waals surface area contributed by atoms with Crippen LogP contribution in [0.3, 0.4) is 0 Å². The van der Waals surface area contributed by atoms with Gasteiger partial charge in [-0.05, 0) is 72.9 Å². The summed E-state index contributed by atoms with van der Waals surface area (Å²) in [7, 11) is 0. The Kier molecular flexibility index (Phi) is 7.87. The van der Waals surface area contributed by atoms with Gasteiger partial charge in [0.25, 0.3) is 0 Å². The maximum absolute atomic E-state index is 5.93. The third-order valence-corrected chi connectivity index (χ3v) is 6.82. The lowest BCUT2D eigenvalue weighted by atomic mass is 9.81. The minimum absolute atomic E-state index is 0.365. The zero-order valence-corrected chi connectivity index (χ0v) is 18.4. The monoisotopic (exact) mass is 413 g/mol. The first-order chi connectivity index (χ1) is 15.3. The topological polar surface area (TPSA) is 42.1 Å². The third-order valence-electron chi connectivity index (χ3n) is 6.82. The highest BCUT2D eigenvalue weighted by Crippen LogP contribution is 2.31. The van der Waals surface area contributed by atoms with Crippen LogP contribution in [0.2, 0.25) is 0 Å². The molecule has 0 spiro atoms. The van der Waals surface area contributed by atoms with Gasteiger partial charge in [-0.3, -0.25) is 9.88 Å². The quantitative estimate of drug-likeness (QED) is 0.505. The van der Waals surface area contributed by atoms with Crippen molar-refractivity contribution < 1.29 is 0 Å². The lowest BCUT2D eigenvalue weighted by molar-refractivity contribution is 0.172. The summed E-state index contributed by atoms with van der Waals surface area (Å²) >= 11 is 0. The van der Waals surface area contributed by atoms with E-state index >= 15 is 0 Å². The van der Waals surface area contributed by atoms with Crippen molar-refractivity contribution in [3.63, 3.8) is 0 Å². The molecule has 1 aliphatic carbocycles. The maximum atomic E-state index is 5.93. The predicted octanol–water partition coefficient (Wildman–Crippen LogP) is 5.48. The molecule has 0 bridgehead atoms. The molecular weight excluding hydrogens is 378 g/mol. The van der Waals surface area contributed by atoms with E-state index in [9.17, 15) is 0 Å². The van der Waals surface area contributed by atoms with Crippen LogP contribution in [0.4, 0.5) is 0 Å². The van der Waals surface area contributed by atoms with E-state index in [0.717, 1.165) is 38.0 Å². The summed E-state index contributed by atoms with van der Waals surface area (Å²) in [6.07, 6.45) is 8.99. The largest absolute Gasteiger partial charge is 0.330 e. The predicted molar refractivity (Wildman–Crippen MR) is 129 cm³/mol. The van der Waals surface area contributed by atoms with Crippen molar-refractivity contribution in [1.29, 1.82) is 0 Å². The van der Waals surface area contributed by atoms with E-state index in [4.69, 9.17) is 5.73 Å². The Hall–Kier alpha value is -2.49. The highest BCUT2D eigenvalue weighted by atomic mass is 15.1. The van der Waals surface area contributed by atoms with Crippen molar-refractivity contribution in [2.24, 2.45) is 17.6 Å². The minimum atomic E-state index is 0.365. The molecule has 1 aliphatic rings. The lowest BCUT2D eigenvalue weighted by Crippen LogP contribution is -2.35. The molecule has 1 aromatic heterocycles. The SMILES string of the molecule is NCC1CCC(CN(Cc2ccncc2)CC(c2ccccc2)c2ccccc2)CC1. The summed E-state index contributed by atoms with van der Waals surface area (Å²) in [5.74, 6) is 1.85. The average Bonchev–Trinajstić information content (AvgIpc) is 2.84. The summed E-state index contributed by atoms with van der Waals surface area (Å²) in [5, 5.41) is 0. The first kappa shape index (κ1) is 21.7. The second-order valence-electron chi connectivity index (χ2n) is 9.05. The van der Waals surface area contributed by atoms with Gasteiger partial charge in [-0.25, -0.2) is 0 Å². The number of hydrogen-bond acceptors (Lipinski definition) is 3. The van der Waals surface area contributed by atoms with Crippen molar-refractivity contribution in [2.75, 3.05) is 19.6 Å². The van der Waals surface area contributed by atoms with Gasteiger partial charge < -0.3 is 5.73 Å². The van der Waals surface area contributed by atoms with Crippen LogP contribution in [-0.2, 0) is 6.54 Å². The van der Waals surface area contributed by atoms with Crippen molar-refractivity contribution in [1.82, 2.24) is 9.88 Å². The van der Waals surface area contributed by atoms with Gasteiger partial charge in [0.15, 0.2) is 0 Å². The fourth-order valence-corrected chi connectivity index (χ4v) is 5.00. The summed E-state index contributed by atoms with van der Waals surface area (Å²) in [5.41, 5.74) is 10.0. The zero-order chi connectivity index (χ0) is 21.3. The Morgan fingerprint density at radius 2 is 1.32 bits per heavy atom. The molecule has 0 aliphatic heterocycles. The molecule has 3 nitrogen and oxygen atoms in total. The van der Waals surface area contributed by atoms with Gasteiger partial charge in [-0.15, -0.1) is 0 Å². The molecule has 0 unspecified atom stereocenters. The molecule has 162 valence electrons. The van der Waals surface area contributed by atoms with E-state index in [1.807, 2.05) is 12.4 Å². The van der Waals surface area contributed by atoms with Crippen LogP contribution in [0.15, 0.2) is 85.2 Å². The third kappa shape index (κ3) is 6.25. The van der Waals surface area contributed by atoms with Gasteiger partial charge in [0.2, 0.25) is 0 Å². The van der Waals surface area contributed by atoms with E-state index in [1.54, 1.807) is 0 Å². The molecule has 0 atom stereocenters. The highest BCUT2D eigenvalue weighted by molar-refractivity contribution is 5.33. The smallest absolute Gasteiger partial charge is 0.0271 e. The summed E-state index contributed by atoms with van der Waals surface area (Å²) < 4.78 is 0. The van der Waals surface area contributed by atoms with Gasteiger partial charge in [-0.2, -0.15) is 0 Å². The number of aromatic nitrogens is 1. The van der Waals surface area contributed by atoms with E-state index in [0.29, 0.717) is 5.92 Å². The highest BCUT2D eigenvalue weighted by Gasteiger charge is 2.25. The molecule has 0 radical (unpaired) electrons. The summed E-state index contributed by atoms with van der Waals surface area (Å²) in [6, 6.07) is 26.2. The number of rotatable bonds is 9. The number of nitrogens with zero attached hydrogens (tertiary/aromatic N) is 2. The number of benzene rings is 2. The molecular formula is C28H35N3. The van der Waals surface area contributed by atoms with Crippen molar-refractivity contribution in [3.8, 4) is 0 Å². The normalized spacial score (nSPS) is 19.1. The Morgan fingerprint density at radius 1 is 0.774 bits per heavy atom. The average molecular weight is 414 g/mol. The Bertz CT molecular complexity index is 834. The van der Waals surface area contributed by atoms with Crippen molar-refractivity contribution >= 4 is 0 Å². The lowest BCUT2D eigenvalue weighted by Gasteiger charge is -2.34. The first-order valence-electron chi connectivity index (χ1n) is 11.7. The Morgan fingerprint density at radius 3 is 1.87 bits per heavy atom. The molecule has 2 N–H and O–H groups in total. The molecule has 3 aromatic rings. The molecule has 1 saturated carbocycles. The molecule has 1 heterocycles. The second kappa shape index (κ2) is 11.2. The van der Waals surface area contributed by atoms with Gasteiger partial charge in [0, 0.05) is 37.9 Å². The van der Waals surface area contributed by atoms with Crippen LogP contribution in [0.1, 0.15) is 48.3 Å². The molecule has 3 heteroatoms. The Labute approximate surface area is 187 Å². The first-order valence-corrected chi connectivity index (χ1v) is 11.7. The molecule has 1 fully saturated rings. The number of hydrogen-bond donors (Lipinski definition) is 1. The van der Waals surface area contributed by atoms with Crippen LogP contribution in [0.5, 0.6) is 0 Å². The minimum Gasteiger partial charge on any atom is -0.330 e. The molecule has 2 aromatic carbocycles. The van der Waals surface area contributed by atoms with Gasteiger partial charge in [-0.1, -0.05) is 60.7 Å². The molecule has 4 rings (SSSR count). The second-order valence-corrected chi connectivity index (χ2v) is 9.05. The van der Waals surface area contributed by atoms with Crippen LogP contribution >= 0.6 is 0 Å². The van der Waals surface area contributed by atoms with Crippen LogP contribution in [0, 0.1) is 11.8 Å². The standard InChI is InChI=1S/C28H35N3/c29-19-23-11-13-24(14-12-23)20-31(21-25-15-17-30-18-16-25)22-28(26-7-3-1-4-8-26)27-9-5-2-6-10-27/h1-10,15-18,23-24,28H,11-14,19-22,29H2. The zero-order valence-electron chi connectivity index (χ0n) is 18.4. The number of pyridine rings is 1. The molecule has 31 heavy (non-hydrogen) atoms. The van der Waals surface area contributed by atoms with E-state index in [1.165, 1.54) is 42.4 Å². The van der Waals surface area contributed by atoms with E-state index in [-0.39, 0.29) is 0 Å². The van der Waals surface area contributed by atoms with Crippen LogP contribution in [-0.4, -0.2) is 29.5 Å². The van der Waals surface area contributed by atoms with Gasteiger partial charge in [0.05, 0.1) is 0 Å². The van der Waals surface area contributed by atoms with Gasteiger partial charge in [0.1, 0.15) is 0 Å². The number of nitrogens with two attached hydrogens (primary N) is 1. The van der Waals surface area contributed by atoms with Crippen LogP contribution in [0.25, 0.3) is 0 Å². The fourth-order valence-electron chi connectivity index (χ4n) is 5.00. The Balaban J connectivity index is 1.55.